The molecule has 3 aromatic heterocycles. The van der Waals surface area contributed by atoms with Crippen molar-refractivity contribution in [2.24, 2.45) is 0 Å². The van der Waals surface area contributed by atoms with E-state index in [0.29, 0.717) is 0 Å². The zero-order valence-electron chi connectivity index (χ0n) is 22.1. The molecule has 0 saturated carbocycles. The molecule has 0 aliphatic heterocycles. The maximum absolute atomic E-state index is 12.5. The summed E-state index contributed by atoms with van der Waals surface area (Å²) in [6, 6.07) is 36.6. The third-order valence-corrected chi connectivity index (χ3v) is 10.8. The Hall–Kier alpha value is -4.08. The van der Waals surface area contributed by atoms with Crippen LogP contribution >= 0.6 is 0 Å². The first-order chi connectivity index (χ1) is 20.6. The van der Waals surface area contributed by atoms with Crippen LogP contribution in [0.15, 0.2) is 109 Å². The van der Waals surface area contributed by atoms with Crippen molar-refractivity contribution >= 4 is 27.7 Å². The fourth-order valence-corrected chi connectivity index (χ4v) is 8.64. The van der Waals surface area contributed by atoms with E-state index in [1.807, 2.05) is 0 Å². The predicted molar refractivity (Wildman–Crippen MR) is 147 cm³/mol. The van der Waals surface area contributed by atoms with Crippen LogP contribution < -0.4 is 23.3 Å². The number of hydrogen-bond acceptors (Lipinski definition) is 5. The predicted octanol–water partition coefficient (Wildman–Crippen LogP) is 4.15. The van der Waals surface area contributed by atoms with Crippen molar-refractivity contribution in [3.63, 3.8) is 0 Å². The molecule has 0 saturated heterocycles. The molecule has 44 heavy (non-hydrogen) atoms. The first-order valence-corrected chi connectivity index (χ1v) is 15.2. The molecule has 0 atom stereocenters. The van der Waals surface area contributed by atoms with Gasteiger partial charge in [0.25, 0.3) is 0 Å². The van der Waals surface area contributed by atoms with Crippen molar-refractivity contribution in [1.29, 1.82) is 0 Å². The molecule has 0 spiro atoms. The van der Waals surface area contributed by atoms with Gasteiger partial charge in [-0.3, -0.25) is 10.2 Å². The molecule has 0 radical (unpaired) electrons. The Balaban J connectivity index is 0.000000201. The summed E-state index contributed by atoms with van der Waals surface area (Å²) in [5.41, 5.74) is -0.261. The van der Waals surface area contributed by atoms with E-state index in [1.54, 1.807) is 0 Å². The van der Waals surface area contributed by atoms with Gasteiger partial charge in [0.15, 0.2) is 0 Å². The molecule has 0 unspecified atom stereocenters. The monoisotopic (exact) mass is 848 g/mol. The second-order valence-corrected chi connectivity index (χ2v) is 13.3. The van der Waals surface area contributed by atoms with Gasteiger partial charge in [0.2, 0.25) is 0 Å². The Kier molecular flexibility index (Phi) is 10.5. The van der Waals surface area contributed by atoms with Gasteiger partial charge >= 0.3 is 152 Å². The number of rotatable bonds is 5. The number of halogens is 6. The number of benzene rings is 3. The van der Waals surface area contributed by atoms with Crippen LogP contribution in [0.25, 0.3) is 23.0 Å². The van der Waals surface area contributed by atoms with Crippen molar-refractivity contribution in [3.8, 4) is 23.0 Å². The Bertz CT molecular complexity index is 1600. The molecule has 0 aliphatic rings. The summed E-state index contributed by atoms with van der Waals surface area (Å²) in [4.78, 5) is 10.2. The van der Waals surface area contributed by atoms with Gasteiger partial charge in [-0.25, -0.2) is 4.98 Å². The standard InChI is InChI=1S/C18H15As.C11H3F6N7.Pt/c1-4-10-16(11-5-1)19(17-12-6-2-7-13-17)18-14-8-3-9-15-18;12-10(13,14)8-19-6(21-23-8)4-2-1-3-5(18-4)7-20-9(24-22-7)11(15,16)17;/h1-15H;1-3H;/q;-2;+2. The summed E-state index contributed by atoms with van der Waals surface area (Å²) < 4.78 is 79.2. The van der Waals surface area contributed by atoms with Crippen LogP contribution in [-0.2, 0) is 33.4 Å². The minimum absolute atomic E-state index is 0. The summed E-state index contributed by atoms with van der Waals surface area (Å²) >= 11 is -1.39. The summed E-state index contributed by atoms with van der Waals surface area (Å²) in [6.45, 7) is 0. The molecule has 0 N–H and O–H groups in total. The van der Waals surface area contributed by atoms with Crippen molar-refractivity contribution in [3.05, 3.63) is 121 Å². The van der Waals surface area contributed by atoms with Crippen molar-refractivity contribution in [1.82, 2.24) is 35.3 Å². The van der Waals surface area contributed by atoms with Crippen LogP contribution in [0.4, 0.5) is 26.3 Å². The molecule has 0 amide bonds. The van der Waals surface area contributed by atoms with Crippen LogP contribution in [0.5, 0.6) is 0 Å². The molecule has 226 valence electrons. The van der Waals surface area contributed by atoms with E-state index in [0.717, 1.165) is 0 Å². The average molecular weight is 848 g/mol. The number of hydrogen-bond donors (Lipinski definition) is 0. The second kappa shape index (κ2) is 14.1. The van der Waals surface area contributed by atoms with Gasteiger partial charge in [-0.05, 0) is 18.0 Å². The molecule has 7 nitrogen and oxygen atoms in total. The molecule has 3 aromatic carbocycles. The Labute approximate surface area is 265 Å². The minimum atomic E-state index is -4.77. The van der Waals surface area contributed by atoms with Crippen LogP contribution in [0.3, 0.4) is 0 Å². The van der Waals surface area contributed by atoms with Gasteiger partial charge < -0.3 is 20.2 Å². The zero-order valence-corrected chi connectivity index (χ0v) is 26.2. The first kappa shape index (κ1) is 32.8. The summed E-state index contributed by atoms with van der Waals surface area (Å²) in [6.07, 6.45) is -9.55. The van der Waals surface area contributed by atoms with E-state index in [4.69, 9.17) is 0 Å². The van der Waals surface area contributed by atoms with Crippen LogP contribution in [0.1, 0.15) is 11.6 Å². The number of aromatic nitrogens is 7. The van der Waals surface area contributed by atoms with Crippen LogP contribution in [0, 0.1) is 0 Å². The Morgan fingerprint density at radius 2 is 1.00 bits per heavy atom. The van der Waals surface area contributed by atoms with Gasteiger partial charge in [0.1, 0.15) is 5.82 Å². The van der Waals surface area contributed by atoms with E-state index >= 15 is 0 Å². The molecule has 3 heterocycles. The fourth-order valence-electron chi connectivity index (χ4n) is 3.80. The van der Waals surface area contributed by atoms with Crippen molar-refractivity contribution < 1.29 is 47.4 Å². The topological polar surface area (TPSA) is 92.7 Å². The fraction of sp³-hybridized carbons (Fsp3) is 0.0690. The number of alkyl halides is 6. The molecular formula is C29H18AsF6N7Pt. The van der Waals surface area contributed by atoms with Gasteiger partial charge in [-0.2, -0.15) is 26.3 Å². The van der Waals surface area contributed by atoms with Gasteiger partial charge in [-0.15, -0.1) is 0 Å². The molecule has 15 heteroatoms. The molecule has 0 fully saturated rings. The quantitative estimate of drug-likeness (QED) is 0.190. The summed E-state index contributed by atoms with van der Waals surface area (Å²) in [5.74, 6) is -3.76. The van der Waals surface area contributed by atoms with E-state index in [-0.39, 0.29) is 32.5 Å². The van der Waals surface area contributed by atoms with Gasteiger partial charge in [0.05, 0.1) is 17.2 Å². The summed E-state index contributed by atoms with van der Waals surface area (Å²) in [7, 11) is 0. The average Bonchev–Trinajstić information content (AvgIpc) is 3.71. The SMILES string of the molecule is FC(F)(F)c1n[n-]c(-c2cccc(-c3n[n-]c(C(F)(F)F)n3)n2)n1.[Pt+2].c1ccc([As](c2ccccc2)c2ccccc2)cc1. The van der Waals surface area contributed by atoms with Crippen molar-refractivity contribution in [2.45, 2.75) is 12.4 Å². The van der Waals surface area contributed by atoms with E-state index < -0.39 is 50.3 Å². The van der Waals surface area contributed by atoms with Gasteiger partial charge in [-0.1, -0.05) is 6.07 Å². The van der Waals surface area contributed by atoms with Crippen LogP contribution in [0.2, 0.25) is 0 Å². The normalized spacial score (nSPS) is 11.4. The summed E-state index contributed by atoms with van der Waals surface area (Å²) in [5, 5.41) is 12.3. The maximum atomic E-state index is 12.5. The first-order valence-electron chi connectivity index (χ1n) is 12.4. The number of pyridine rings is 1. The second-order valence-electron chi connectivity index (χ2n) is 8.66. The Morgan fingerprint density at radius 1 is 0.500 bits per heavy atom. The van der Waals surface area contributed by atoms with E-state index in [1.165, 1.54) is 31.3 Å². The van der Waals surface area contributed by atoms with E-state index in [2.05, 4.69) is 126 Å². The van der Waals surface area contributed by atoms with Gasteiger partial charge in [0, 0.05) is 5.82 Å². The van der Waals surface area contributed by atoms with Crippen LogP contribution in [-0.4, -0.2) is 39.8 Å². The Morgan fingerprint density at radius 3 is 1.43 bits per heavy atom. The molecule has 0 aliphatic carbocycles. The molecule has 6 aromatic rings. The third-order valence-electron chi connectivity index (χ3n) is 5.66. The zero-order chi connectivity index (χ0) is 30.5. The third kappa shape index (κ3) is 8.09. The molecule has 6 rings (SSSR count). The van der Waals surface area contributed by atoms with Crippen molar-refractivity contribution in [2.75, 3.05) is 0 Å². The number of nitrogens with zero attached hydrogens (tertiary/aromatic N) is 7. The molecule has 0 bridgehead atoms. The molecular weight excluding hydrogens is 830 g/mol. The van der Waals surface area contributed by atoms with E-state index in [9.17, 15) is 26.3 Å².